The molecule has 9 heteroatoms. The summed E-state index contributed by atoms with van der Waals surface area (Å²) in [4.78, 5) is 22.7. The fraction of sp³-hybridized carbons (Fsp3) is 0.837. The lowest BCUT2D eigenvalue weighted by Gasteiger charge is -2.23. The Morgan fingerprint density at radius 1 is 0.635 bits per heavy atom. The Morgan fingerprint density at radius 3 is 1.60 bits per heavy atom. The number of phosphoric acid groups is 1. The highest BCUT2D eigenvalue weighted by atomic mass is 31.2. The second-order valence-electron chi connectivity index (χ2n) is 14.6. The molecule has 0 aliphatic rings. The average molecular weight is 755 g/mol. The van der Waals surface area contributed by atoms with Gasteiger partial charge >= 0.3 is 7.82 Å². The number of nitrogens with two attached hydrogens (primary N) is 1. The van der Waals surface area contributed by atoms with Gasteiger partial charge in [0.2, 0.25) is 5.91 Å². The van der Waals surface area contributed by atoms with Gasteiger partial charge in [-0.15, -0.1) is 0 Å². The van der Waals surface area contributed by atoms with Crippen molar-refractivity contribution in [2.45, 2.75) is 212 Å². The Morgan fingerprint density at radius 2 is 1.10 bits per heavy atom. The minimum Gasteiger partial charge on any atom is -0.387 e. The van der Waals surface area contributed by atoms with Crippen molar-refractivity contribution in [2.24, 2.45) is 5.73 Å². The zero-order valence-electron chi connectivity index (χ0n) is 33.8. The highest BCUT2D eigenvalue weighted by Gasteiger charge is 2.26. The lowest BCUT2D eigenvalue weighted by Crippen LogP contribution is -2.45. The number of allylic oxidation sites excluding steroid dienone is 5. The minimum atomic E-state index is -4.34. The molecule has 0 bridgehead atoms. The summed E-state index contributed by atoms with van der Waals surface area (Å²) in [5, 5.41) is 13.7. The monoisotopic (exact) mass is 755 g/mol. The van der Waals surface area contributed by atoms with Gasteiger partial charge in [0, 0.05) is 13.0 Å². The Labute approximate surface area is 320 Å². The van der Waals surface area contributed by atoms with Crippen molar-refractivity contribution in [3.63, 3.8) is 0 Å². The zero-order chi connectivity index (χ0) is 38.2. The number of rotatable bonds is 40. The van der Waals surface area contributed by atoms with Gasteiger partial charge in [-0.3, -0.25) is 13.8 Å². The van der Waals surface area contributed by atoms with Crippen LogP contribution in [0.5, 0.6) is 0 Å². The lowest BCUT2D eigenvalue weighted by atomic mass is 10.0. The highest BCUT2D eigenvalue weighted by molar-refractivity contribution is 7.47. The summed E-state index contributed by atoms with van der Waals surface area (Å²) in [5.74, 6) is -0.209. The minimum absolute atomic E-state index is 0.0757. The first-order valence-corrected chi connectivity index (χ1v) is 23.1. The van der Waals surface area contributed by atoms with Crippen molar-refractivity contribution in [1.82, 2.24) is 5.32 Å². The van der Waals surface area contributed by atoms with E-state index in [1.165, 1.54) is 109 Å². The van der Waals surface area contributed by atoms with Crippen LogP contribution in [0.15, 0.2) is 36.5 Å². The molecule has 52 heavy (non-hydrogen) atoms. The van der Waals surface area contributed by atoms with E-state index in [0.29, 0.717) is 6.42 Å². The van der Waals surface area contributed by atoms with E-state index in [1.54, 1.807) is 6.08 Å². The smallest absolute Gasteiger partial charge is 0.387 e. The standard InChI is InChI=1S/C43H83N2O6P/c1-3-5-7-9-11-13-15-17-18-19-20-21-22-23-25-26-28-30-32-34-36-42(46)41(40-51-52(48,49)50-39-38-44)45-43(47)37-35-33-31-29-27-24-16-14-12-10-8-6-4-2/h8,10,14,16,34,36,41-42,46H,3-7,9,11-13,15,17-33,35,37-40,44H2,1-2H3,(H,45,47)(H,48,49)/b10-8-,16-14-,36-34+. The summed E-state index contributed by atoms with van der Waals surface area (Å²) in [6.45, 7) is 4.06. The topological polar surface area (TPSA) is 131 Å². The molecule has 0 aromatic rings. The van der Waals surface area contributed by atoms with E-state index in [2.05, 4.69) is 43.5 Å². The van der Waals surface area contributed by atoms with E-state index in [-0.39, 0.29) is 25.7 Å². The zero-order valence-corrected chi connectivity index (χ0v) is 34.7. The van der Waals surface area contributed by atoms with Gasteiger partial charge in [0.1, 0.15) is 0 Å². The van der Waals surface area contributed by atoms with Crippen LogP contribution >= 0.6 is 7.82 Å². The second kappa shape index (κ2) is 39.4. The molecule has 0 aliphatic heterocycles. The maximum absolute atomic E-state index is 12.7. The second-order valence-corrected chi connectivity index (χ2v) is 16.0. The van der Waals surface area contributed by atoms with Crippen molar-refractivity contribution in [2.75, 3.05) is 19.8 Å². The predicted octanol–water partition coefficient (Wildman–Crippen LogP) is 11.9. The van der Waals surface area contributed by atoms with Crippen LogP contribution in [0, 0.1) is 0 Å². The van der Waals surface area contributed by atoms with Gasteiger partial charge in [0.25, 0.3) is 0 Å². The SMILES string of the molecule is CCC/C=C\C/C=C\CCCCCCCC(=O)NC(COP(=O)(O)OCCN)C(O)/C=C/CCCCCCCCCCCCCCCCCCCC. The molecule has 3 unspecified atom stereocenters. The molecule has 0 saturated heterocycles. The number of phosphoric ester groups is 1. The Hall–Kier alpha value is -1.28. The number of aliphatic hydroxyl groups excluding tert-OH is 1. The number of aliphatic hydroxyl groups is 1. The average Bonchev–Trinajstić information content (AvgIpc) is 3.13. The molecule has 0 fully saturated rings. The van der Waals surface area contributed by atoms with Crippen molar-refractivity contribution in [3.05, 3.63) is 36.5 Å². The number of hydrogen-bond donors (Lipinski definition) is 4. The molecular weight excluding hydrogens is 671 g/mol. The Bertz CT molecular complexity index is 912. The molecule has 0 aromatic carbocycles. The third-order valence-corrected chi connectivity index (χ3v) is 10.4. The Kier molecular flexibility index (Phi) is 38.4. The molecule has 1 amide bonds. The third kappa shape index (κ3) is 37.1. The summed E-state index contributed by atoms with van der Waals surface area (Å²) in [6.07, 6.45) is 46.2. The fourth-order valence-electron chi connectivity index (χ4n) is 6.17. The molecule has 0 radical (unpaired) electrons. The fourth-order valence-corrected chi connectivity index (χ4v) is 6.93. The van der Waals surface area contributed by atoms with Gasteiger partial charge in [-0.05, 0) is 44.9 Å². The summed E-state index contributed by atoms with van der Waals surface area (Å²) < 4.78 is 22.1. The molecule has 0 aromatic heterocycles. The van der Waals surface area contributed by atoms with Crippen LogP contribution < -0.4 is 11.1 Å². The Balaban J connectivity index is 4.20. The first-order chi connectivity index (χ1) is 25.4. The molecule has 5 N–H and O–H groups in total. The van der Waals surface area contributed by atoms with Crippen molar-refractivity contribution in [1.29, 1.82) is 0 Å². The number of amides is 1. The van der Waals surface area contributed by atoms with Gasteiger partial charge in [-0.25, -0.2) is 4.57 Å². The van der Waals surface area contributed by atoms with E-state index in [4.69, 9.17) is 14.8 Å². The first kappa shape index (κ1) is 50.7. The summed E-state index contributed by atoms with van der Waals surface area (Å²) >= 11 is 0. The van der Waals surface area contributed by atoms with E-state index in [1.807, 2.05) is 6.08 Å². The molecule has 0 heterocycles. The summed E-state index contributed by atoms with van der Waals surface area (Å²) in [7, 11) is -4.34. The number of carbonyl (C=O) groups excluding carboxylic acids is 1. The highest BCUT2D eigenvalue weighted by Crippen LogP contribution is 2.43. The van der Waals surface area contributed by atoms with Gasteiger partial charge in [0.05, 0.1) is 25.4 Å². The lowest BCUT2D eigenvalue weighted by molar-refractivity contribution is -0.123. The third-order valence-electron chi connectivity index (χ3n) is 9.44. The normalized spacial score (nSPS) is 14.5. The molecule has 0 saturated carbocycles. The summed E-state index contributed by atoms with van der Waals surface area (Å²) in [5.41, 5.74) is 5.37. The van der Waals surface area contributed by atoms with Gasteiger partial charge in [-0.2, -0.15) is 0 Å². The maximum atomic E-state index is 12.7. The number of nitrogens with one attached hydrogen (secondary N) is 1. The molecule has 8 nitrogen and oxygen atoms in total. The van der Waals surface area contributed by atoms with Crippen LogP contribution in [-0.2, 0) is 18.4 Å². The molecule has 0 rings (SSSR count). The van der Waals surface area contributed by atoms with Crippen molar-refractivity contribution < 1.29 is 28.4 Å². The van der Waals surface area contributed by atoms with Crippen LogP contribution in [0.25, 0.3) is 0 Å². The summed E-state index contributed by atoms with van der Waals surface area (Å²) in [6, 6.07) is -0.866. The molecule has 0 aliphatic carbocycles. The van der Waals surface area contributed by atoms with Crippen LogP contribution in [0.3, 0.4) is 0 Å². The number of carbonyl (C=O) groups is 1. The van der Waals surface area contributed by atoms with Gasteiger partial charge in [-0.1, -0.05) is 185 Å². The number of hydrogen-bond acceptors (Lipinski definition) is 6. The van der Waals surface area contributed by atoms with Crippen molar-refractivity contribution in [3.8, 4) is 0 Å². The largest absolute Gasteiger partial charge is 0.472 e. The quantitative estimate of drug-likeness (QED) is 0.0278. The molecule has 306 valence electrons. The molecule has 3 atom stereocenters. The predicted molar refractivity (Wildman–Crippen MR) is 221 cm³/mol. The van der Waals surface area contributed by atoms with E-state index in [9.17, 15) is 19.4 Å². The van der Waals surface area contributed by atoms with E-state index in [0.717, 1.165) is 70.6 Å². The van der Waals surface area contributed by atoms with Crippen LogP contribution in [0.2, 0.25) is 0 Å². The van der Waals surface area contributed by atoms with E-state index >= 15 is 0 Å². The van der Waals surface area contributed by atoms with Crippen molar-refractivity contribution >= 4 is 13.7 Å². The van der Waals surface area contributed by atoms with Crippen LogP contribution in [-0.4, -0.2) is 47.8 Å². The van der Waals surface area contributed by atoms with Crippen LogP contribution in [0.1, 0.15) is 200 Å². The number of unbranched alkanes of at least 4 members (excludes halogenated alkanes) is 24. The maximum Gasteiger partial charge on any atom is 0.472 e. The van der Waals surface area contributed by atoms with Gasteiger partial charge in [0.15, 0.2) is 0 Å². The first-order valence-electron chi connectivity index (χ1n) is 21.6. The van der Waals surface area contributed by atoms with E-state index < -0.39 is 20.0 Å². The molecule has 0 spiro atoms. The molecular formula is C43H83N2O6P. The van der Waals surface area contributed by atoms with Gasteiger partial charge < -0.3 is 21.1 Å². The van der Waals surface area contributed by atoms with Crippen LogP contribution in [0.4, 0.5) is 0 Å².